The smallest absolute Gasteiger partial charge is 0.227 e. The SMILES string of the molecule is Fc1ncc(C(F)F)c(I)c1CCl. The van der Waals surface area contributed by atoms with E-state index in [-0.39, 0.29) is 20.6 Å². The van der Waals surface area contributed by atoms with Gasteiger partial charge in [-0.05, 0) is 22.6 Å². The van der Waals surface area contributed by atoms with Crippen molar-refractivity contribution in [1.29, 1.82) is 0 Å². The number of halogens is 5. The monoisotopic (exact) mass is 321 g/mol. The summed E-state index contributed by atoms with van der Waals surface area (Å²) in [5.74, 6) is -0.943. The number of alkyl halides is 3. The van der Waals surface area contributed by atoms with E-state index in [1.165, 1.54) is 0 Å². The molecule has 13 heavy (non-hydrogen) atoms. The number of hydrogen-bond donors (Lipinski definition) is 0. The molecule has 1 aromatic heterocycles. The Kier molecular flexibility index (Phi) is 3.78. The maximum absolute atomic E-state index is 12.8. The molecule has 0 N–H and O–H groups in total. The lowest BCUT2D eigenvalue weighted by Crippen LogP contribution is -2.00. The molecule has 0 spiro atoms. The zero-order chi connectivity index (χ0) is 10.0. The van der Waals surface area contributed by atoms with Crippen molar-refractivity contribution in [2.24, 2.45) is 0 Å². The first-order chi connectivity index (χ1) is 6.07. The number of hydrogen-bond acceptors (Lipinski definition) is 1. The largest absolute Gasteiger partial charge is 0.266 e. The minimum Gasteiger partial charge on any atom is -0.227 e. The van der Waals surface area contributed by atoms with Crippen molar-refractivity contribution in [3.05, 3.63) is 26.8 Å². The van der Waals surface area contributed by atoms with E-state index in [0.717, 1.165) is 6.20 Å². The minimum absolute atomic E-state index is 0.0278. The van der Waals surface area contributed by atoms with Crippen molar-refractivity contribution in [1.82, 2.24) is 4.98 Å². The average Bonchev–Trinajstić information content (AvgIpc) is 2.04. The Labute approximate surface area is 91.4 Å². The first kappa shape index (κ1) is 11.0. The summed E-state index contributed by atoms with van der Waals surface area (Å²) < 4.78 is 37.5. The maximum Gasteiger partial charge on any atom is 0.266 e. The highest BCUT2D eigenvalue weighted by Crippen LogP contribution is 2.27. The van der Waals surface area contributed by atoms with Crippen LogP contribution < -0.4 is 0 Å². The van der Waals surface area contributed by atoms with Gasteiger partial charge in [0.25, 0.3) is 6.43 Å². The first-order valence-corrected chi connectivity index (χ1v) is 4.86. The van der Waals surface area contributed by atoms with Crippen molar-refractivity contribution in [2.75, 3.05) is 0 Å². The molecular formula is C7H4ClF3IN. The number of nitrogens with zero attached hydrogens (tertiary/aromatic N) is 1. The van der Waals surface area contributed by atoms with E-state index in [1.54, 1.807) is 22.6 Å². The summed E-state index contributed by atoms with van der Waals surface area (Å²) in [6.07, 6.45) is -1.82. The van der Waals surface area contributed by atoms with Crippen LogP contribution in [0.25, 0.3) is 0 Å². The van der Waals surface area contributed by atoms with E-state index in [4.69, 9.17) is 11.6 Å². The summed E-state index contributed by atoms with van der Waals surface area (Å²) in [5.41, 5.74) is -0.252. The van der Waals surface area contributed by atoms with Crippen LogP contribution >= 0.6 is 34.2 Å². The maximum atomic E-state index is 12.8. The highest BCUT2D eigenvalue weighted by molar-refractivity contribution is 14.1. The topological polar surface area (TPSA) is 12.9 Å². The molecule has 0 aliphatic heterocycles. The molecule has 72 valence electrons. The van der Waals surface area contributed by atoms with Crippen molar-refractivity contribution in [3.8, 4) is 0 Å². The van der Waals surface area contributed by atoms with Gasteiger partial charge in [-0.25, -0.2) is 13.8 Å². The van der Waals surface area contributed by atoms with Gasteiger partial charge in [0, 0.05) is 20.9 Å². The second kappa shape index (κ2) is 4.45. The third-order valence-corrected chi connectivity index (χ3v) is 2.99. The molecule has 6 heteroatoms. The minimum atomic E-state index is -2.65. The quantitative estimate of drug-likeness (QED) is 0.461. The van der Waals surface area contributed by atoms with Crippen molar-refractivity contribution < 1.29 is 13.2 Å². The molecule has 0 atom stereocenters. The van der Waals surface area contributed by atoms with Gasteiger partial charge in [0.1, 0.15) is 0 Å². The van der Waals surface area contributed by atoms with Gasteiger partial charge in [0.15, 0.2) is 0 Å². The van der Waals surface area contributed by atoms with Crippen LogP contribution in [0.3, 0.4) is 0 Å². The van der Waals surface area contributed by atoms with E-state index in [1.807, 2.05) is 0 Å². The van der Waals surface area contributed by atoms with Gasteiger partial charge >= 0.3 is 0 Å². The van der Waals surface area contributed by atoms with Gasteiger partial charge in [-0.15, -0.1) is 11.6 Å². The third-order valence-electron chi connectivity index (χ3n) is 1.45. The van der Waals surface area contributed by atoms with Crippen LogP contribution in [0.15, 0.2) is 6.20 Å². The Morgan fingerprint density at radius 3 is 2.62 bits per heavy atom. The molecule has 0 saturated heterocycles. The predicted molar refractivity (Wildman–Crippen MR) is 51.4 cm³/mol. The molecule has 0 unspecified atom stereocenters. The van der Waals surface area contributed by atoms with Crippen molar-refractivity contribution in [2.45, 2.75) is 12.3 Å². The zero-order valence-corrected chi connectivity index (χ0v) is 9.11. The normalized spacial score (nSPS) is 10.9. The second-order valence-corrected chi connectivity index (χ2v) is 3.58. The first-order valence-electron chi connectivity index (χ1n) is 3.24. The molecular weight excluding hydrogens is 317 g/mol. The molecule has 0 bridgehead atoms. The van der Waals surface area contributed by atoms with E-state index >= 15 is 0 Å². The summed E-state index contributed by atoms with van der Waals surface area (Å²) in [7, 11) is 0. The number of rotatable bonds is 2. The molecule has 0 radical (unpaired) electrons. The Morgan fingerprint density at radius 1 is 1.54 bits per heavy atom. The molecule has 0 saturated carbocycles. The molecule has 0 amide bonds. The van der Waals surface area contributed by atoms with E-state index < -0.39 is 12.4 Å². The third kappa shape index (κ3) is 2.25. The molecule has 1 aromatic rings. The lowest BCUT2D eigenvalue weighted by Gasteiger charge is -2.06. The summed E-state index contributed by atoms with van der Waals surface area (Å²) in [6.45, 7) is 0. The highest BCUT2D eigenvalue weighted by atomic mass is 127. The van der Waals surface area contributed by atoms with Gasteiger partial charge in [0.2, 0.25) is 5.95 Å². The lowest BCUT2D eigenvalue weighted by molar-refractivity contribution is 0.149. The van der Waals surface area contributed by atoms with Crippen molar-refractivity contribution in [3.63, 3.8) is 0 Å². The van der Waals surface area contributed by atoms with Crippen LogP contribution in [-0.2, 0) is 5.88 Å². The van der Waals surface area contributed by atoms with Gasteiger partial charge in [-0.2, -0.15) is 4.39 Å². The summed E-state index contributed by atoms with van der Waals surface area (Å²) in [5, 5.41) is 0. The van der Waals surface area contributed by atoms with Crippen LogP contribution in [0.2, 0.25) is 0 Å². The fraction of sp³-hybridized carbons (Fsp3) is 0.286. The Morgan fingerprint density at radius 2 is 2.15 bits per heavy atom. The lowest BCUT2D eigenvalue weighted by atomic mass is 10.2. The van der Waals surface area contributed by atoms with Crippen LogP contribution in [0, 0.1) is 9.52 Å². The number of aromatic nitrogens is 1. The molecule has 1 nitrogen and oxygen atoms in total. The van der Waals surface area contributed by atoms with Gasteiger partial charge < -0.3 is 0 Å². The van der Waals surface area contributed by atoms with Crippen LogP contribution in [0.4, 0.5) is 13.2 Å². The molecule has 0 fully saturated rings. The van der Waals surface area contributed by atoms with Crippen LogP contribution in [0.1, 0.15) is 17.6 Å². The molecule has 0 aliphatic rings. The standard InChI is InChI=1S/C7H4ClF3IN/c8-1-3-5(12)4(6(9)10)2-13-7(3)11/h2,6H,1H2. The fourth-order valence-electron chi connectivity index (χ4n) is 0.792. The zero-order valence-electron chi connectivity index (χ0n) is 6.20. The predicted octanol–water partition coefficient (Wildman–Crippen LogP) is 3.50. The molecule has 1 rings (SSSR count). The van der Waals surface area contributed by atoms with Gasteiger partial charge in [-0.1, -0.05) is 0 Å². The Bertz CT molecular complexity index is 319. The van der Waals surface area contributed by atoms with Crippen molar-refractivity contribution >= 4 is 34.2 Å². The van der Waals surface area contributed by atoms with E-state index in [9.17, 15) is 13.2 Å². The highest BCUT2D eigenvalue weighted by Gasteiger charge is 2.17. The summed E-state index contributed by atoms with van der Waals surface area (Å²) >= 11 is 7.02. The van der Waals surface area contributed by atoms with Crippen LogP contribution in [0.5, 0.6) is 0 Å². The molecule has 0 aliphatic carbocycles. The fourth-order valence-corrected chi connectivity index (χ4v) is 2.05. The van der Waals surface area contributed by atoms with E-state index in [0.29, 0.717) is 0 Å². The summed E-state index contributed by atoms with van der Waals surface area (Å²) in [4.78, 5) is 3.20. The molecule has 1 heterocycles. The second-order valence-electron chi connectivity index (χ2n) is 2.23. The number of pyridine rings is 1. The van der Waals surface area contributed by atoms with E-state index in [2.05, 4.69) is 4.98 Å². The Balaban J connectivity index is 3.27. The van der Waals surface area contributed by atoms with Crippen LogP contribution in [-0.4, -0.2) is 4.98 Å². The van der Waals surface area contributed by atoms with Gasteiger partial charge in [-0.3, -0.25) is 0 Å². The summed E-state index contributed by atoms with van der Waals surface area (Å²) in [6, 6.07) is 0. The Hall–Kier alpha value is -0.0400. The molecule has 0 aromatic carbocycles. The average molecular weight is 321 g/mol. The van der Waals surface area contributed by atoms with Gasteiger partial charge in [0.05, 0.1) is 5.88 Å².